The fourth-order valence-electron chi connectivity index (χ4n) is 1.43. The van der Waals surface area contributed by atoms with Crippen molar-refractivity contribution in [2.24, 2.45) is 0 Å². The van der Waals surface area contributed by atoms with Crippen LogP contribution in [-0.4, -0.2) is 30.3 Å². The Morgan fingerprint density at radius 2 is 1.83 bits per heavy atom. The summed E-state index contributed by atoms with van der Waals surface area (Å²) in [6.45, 7) is 3.03. The normalized spacial score (nSPS) is 11.4. The van der Waals surface area contributed by atoms with Crippen LogP contribution in [0.25, 0.3) is 0 Å². The smallest absolute Gasteiger partial charge is 0.336 e. The van der Waals surface area contributed by atoms with Gasteiger partial charge in [-0.05, 0) is 6.92 Å². The first-order chi connectivity index (χ1) is 8.56. The zero-order valence-electron chi connectivity index (χ0n) is 10.3. The van der Waals surface area contributed by atoms with Crippen LogP contribution in [0.5, 0.6) is 0 Å². The van der Waals surface area contributed by atoms with Gasteiger partial charge in [0.15, 0.2) is 11.8 Å². The van der Waals surface area contributed by atoms with Gasteiger partial charge >= 0.3 is 5.97 Å². The molecular weight excluding hydrogens is 234 g/mol. The SMILES string of the molecule is CCOC(=O)C(NC(C)=O)C(=O)c1ccccc1. The second-order valence-corrected chi connectivity index (χ2v) is 3.62. The van der Waals surface area contributed by atoms with Crippen LogP contribution in [0.1, 0.15) is 24.2 Å². The Bertz CT molecular complexity index is 442. The molecule has 1 unspecified atom stereocenters. The molecule has 1 amide bonds. The minimum atomic E-state index is -1.29. The van der Waals surface area contributed by atoms with E-state index in [1.165, 1.54) is 6.92 Å². The summed E-state index contributed by atoms with van der Waals surface area (Å²) in [5.74, 6) is -1.69. The summed E-state index contributed by atoms with van der Waals surface area (Å²) in [6, 6.07) is 7.00. The Hall–Kier alpha value is -2.17. The van der Waals surface area contributed by atoms with Crippen LogP contribution in [0.3, 0.4) is 0 Å². The molecule has 18 heavy (non-hydrogen) atoms. The van der Waals surface area contributed by atoms with Crippen LogP contribution in [0, 0.1) is 0 Å². The van der Waals surface area contributed by atoms with E-state index in [-0.39, 0.29) is 6.61 Å². The number of hydrogen-bond donors (Lipinski definition) is 1. The largest absolute Gasteiger partial charge is 0.464 e. The summed E-state index contributed by atoms with van der Waals surface area (Å²) in [6.07, 6.45) is 0. The van der Waals surface area contributed by atoms with Gasteiger partial charge in [0.2, 0.25) is 5.91 Å². The van der Waals surface area contributed by atoms with Gasteiger partial charge in [0.05, 0.1) is 6.61 Å². The van der Waals surface area contributed by atoms with E-state index in [0.717, 1.165) is 0 Å². The van der Waals surface area contributed by atoms with Gasteiger partial charge in [-0.3, -0.25) is 9.59 Å². The Labute approximate surface area is 105 Å². The Morgan fingerprint density at radius 3 is 2.33 bits per heavy atom. The van der Waals surface area contributed by atoms with Gasteiger partial charge in [-0.25, -0.2) is 4.79 Å². The second kappa shape index (κ2) is 6.54. The topological polar surface area (TPSA) is 72.5 Å². The van der Waals surface area contributed by atoms with Crippen molar-refractivity contribution in [1.29, 1.82) is 0 Å². The lowest BCUT2D eigenvalue weighted by molar-refractivity contribution is -0.145. The molecule has 5 heteroatoms. The molecule has 0 saturated heterocycles. The molecule has 0 heterocycles. The number of carbonyl (C=O) groups excluding carboxylic acids is 3. The average Bonchev–Trinajstić information content (AvgIpc) is 2.36. The maximum absolute atomic E-state index is 12.1. The zero-order chi connectivity index (χ0) is 13.5. The van der Waals surface area contributed by atoms with Crippen LogP contribution < -0.4 is 5.32 Å². The molecule has 0 saturated carbocycles. The highest BCUT2D eigenvalue weighted by Crippen LogP contribution is 2.05. The summed E-state index contributed by atoms with van der Waals surface area (Å²) in [4.78, 5) is 34.7. The zero-order valence-corrected chi connectivity index (χ0v) is 10.3. The number of hydrogen-bond acceptors (Lipinski definition) is 4. The van der Waals surface area contributed by atoms with Crippen LogP contribution in [0.4, 0.5) is 0 Å². The quantitative estimate of drug-likeness (QED) is 0.479. The van der Waals surface area contributed by atoms with Crippen LogP contribution in [0.2, 0.25) is 0 Å². The number of esters is 1. The van der Waals surface area contributed by atoms with Crippen molar-refractivity contribution in [2.45, 2.75) is 19.9 Å². The lowest BCUT2D eigenvalue weighted by atomic mass is 10.0. The lowest BCUT2D eigenvalue weighted by Crippen LogP contribution is -2.46. The number of Topliss-reactive ketones (excluding diaryl/α,β-unsaturated/α-hetero) is 1. The van der Waals surface area contributed by atoms with Crippen LogP contribution in [-0.2, 0) is 14.3 Å². The number of nitrogens with one attached hydrogen (secondary N) is 1. The third-order valence-electron chi connectivity index (χ3n) is 2.19. The van der Waals surface area contributed by atoms with E-state index >= 15 is 0 Å². The van der Waals surface area contributed by atoms with Gasteiger partial charge in [-0.15, -0.1) is 0 Å². The molecule has 0 aliphatic carbocycles. The van der Waals surface area contributed by atoms with Gasteiger partial charge in [-0.2, -0.15) is 0 Å². The first-order valence-corrected chi connectivity index (χ1v) is 5.59. The van der Waals surface area contributed by atoms with Gasteiger partial charge in [-0.1, -0.05) is 30.3 Å². The van der Waals surface area contributed by atoms with E-state index in [9.17, 15) is 14.4 Å². The van der Waals surface area contributed by atoms with E-state index in [1.807, 2.05) is 0 Å². The summed E-state index contributed by atoms with van der Waals surface area (Å²) in [5.41, 5.74) is 0.351. The van der Waals surface area contributed by atoms with E-state index in [4.69, 9.17) is 4.74 Å². The Morgan fingerprint density at radius 1 is 1.22 bits per heavy atom. The van der Waals surface area contributed by atoms with E-state index in [1.54, 1.807) is 37.3 Å². The van der Waals surface area contributed by atoms with E-state index < -0.39 is 23.7 Å². The van der Waals surface area contributed by atoms with Crippen molar-refractivity contribution in [3.8, 4) is 0 Å². The highest BCUT2D eigenvalue weighted by Gasteiger charge is 2.29. The predicted octanol–water partition coefficient (Wildman–Crippen LogP) is 0.937. The molecule has 0 aliphatic rings. The van der Waals surface area contributed by atoms with E-state index in [2.05, 4.69) is 5.32 Å². The molecule has 5 nitrogen and oxygen atoms in total. The number of amides is 1. The highest BCUT2D eigenvalue weighted by atomic mass is 16.5. The fourth-order valence-corrected chi connectivity index (χ4v) is 1.43. The Balaban J connectivity index is 2.92. The number of ether oxygens (including phenoxy) is 1. The minimum absolute atomic E-state index is 0.150. The van der Waals surface area contributed by atoms with Crippen molar-refractivity contribution in [2.75, 3.05) is 6.61 Å². The van der Waals surface area contributed by atoms with Crippen molar-refractivity contribution in [3.63, 3.8) is 0 Å². The minimum Gasteiger partial charge on any atom is -0.464 e. The predicted molar refractivity (Wildman–Crippen MR) is 65.0 cm³/mol. The van der Waals surface area contributed by atoms with E-state index in [0.29, 0.717) is 5.56 Å². The fraction of sp³-hybridized carbons (Fsp3) is 0.308. The number of benzene rings is 1. The average molecular weight is 249 g/mol. The molecule has 1 rings (SSSR count). The summed E-state index contributed by atoms with van der Waals surface area (Å²) < 4.78 is 4.77. The molecule has 0 aromatic heterocycles. The number of rotatable bonds is 5. The summed E-state index contributed by atoms with van der Waals surface area (Å²) in [7, 11) is 0. The molecule has 0 radical (unpaired) electrons. The molecule has 0 fully saturated rings. The molecular formula is C13H15NO4. The van der Waals surface area contributed by atoms with Gasteiger partial charge < -0.3 is 10.1 Å². The molecule has 96 valence electrons. The van der Waals surface area contributed by atoms with Crippen LogP contribution in [0.15, 0.2) is 30.3 Å². The highest BCUT2D eigenvalue weighted by molar-refractivity contribution is 6.13. The molecule has 0 bridgehead atoms. The van der Waals surface area contributed by atoms with Crippen molar-refractivity contribution in [1.82, 2.24) is 5.32 Å². The van der Waals surface area contributed by atoms with Crippen molar-refractivity contribution < 1.29 is 19.1 Å². The van der Waals surface area contributed by atoms with Gasteiger partial charge in [0.25, 0.3) is 0 Å². The number of carbonyl (C=O) groups is 3. The molecule has 1 N–H and O–H groups in total. The Kier molecular flexibility index (Phi) is 5.05. The molecule has 0 aliphatic heterocycles. The maximum Gasteiger partial charge on any atom is 0.336 e. The molecule has 1 atom stereocenters. The summed E-state index contributed by atoms with van der Waals surface area (Å²) in [5, 5.41) is 2.30. The monoisotopic (exact) mass is 249 g/mol. The molecule has 1 aromatic rings. The first-order valence-electron chi connectivity index (χ1n) is 5.59. The summed E-state index contributed by atoms with van der Waals surface area (Å²) >= 11 is 0. The van der Waals surface area contributed by atoms with Gasteiger partial charge in [0.1, 0.15) is 0 Å². The van der Waals surface area contributed by atoms with Gasteiger partial charge in [0, 0.05) is 12.5 Å². The molecule has 0 spiro atoms. The third kappa shape index (κ3) is 3.69. The number of ketones is 1. The lowest BCUT2D eigenvalue weighted by Gasteiger charge is -2.15. The van der Waals surface area contributed by atoms with Crippen molar-refractivity contribution in [3.05, 3.63) is 35.9 Å². The van der Waals surface area contributed by atoms with Crippen LogP contribution >= 0.6 is 0 Å². The molecule has 1 aromatic carbocycles. The standard InChI is InChI=1S/C13H15NO4/c1-3-18-13(17)11(14-9(2)15)12(16)10-7-5-4-6-8-10/h4-8,11H,3H2,1-2H3,(H,14,15). The first kappa shape index (κ1) is 13.9. The van der Waals surface area contributed by atoms with Crippen molar-refractivity contribution >= 4 is 17.7 Å². The third-order valence-corrected chi connectivity index (χ3v) is 2.19. The maximum atomic E-state index is 12.1. The second-order valence-electron chi connectivity index (χ2n) is 3.62.